The topological polar surface area (TPSA) is 109 Å². The van der Waals surface area contributed by atoms with Crippen molar-refractivity contribution in [3.05, 3.63) is 58.5 Å². The SMILES string of the molecule is CCCCCCn1nc(C(=O)OCC(=O)Nc2ccc3c(c2)OCO3)c2ccccc2c1=O. The van der Waals surface area contributed by atoms with E-state index in [4.69, 9.17) is 14.2 Å². The van der Waals surface area contributed by atoms with Gasteiger partial charge in [0.05, 0.1) is 5.39 Å². The highest BCUT2D eigenvalue weighted by Gasteiger charge is 2.20. The number of anilines is 1. The molecule has 1 N–H and O–H groups in total. The highest BCUT2D eigenvalue weighted by Crippen LogP contribution is 2.34. The van der Waals surface area contributed by atoms with Crippen LogP contribution in [0.3, 0.4) is 0 Å². The number of carbonyl (C=O) groups is 2. The van der Waals surface area contributed by atoms with Crippen molar-refractivity contribution in [2.24, 2.45) is 0 Å². The minimum atomic E-state index is -0.769. The number of esters is 1. The molecule has 2 aromatic carbocycles. The minimum Gasteiger partial charge on any atom is -0.454 e. The summed E-state index contributed by atoms with van der Waals surface area (Å²) in [5.74, 6) is -0.155. The summed E-state index contributed by atoms with van der Waals surface area (Å²) in [4.78, 5) is 37.9. The minimum absolute atomic E-state index is 0.0107. The Morgan fingerprint density at radius 1 is 1.06 bits per heavy atom. The fourth-order valence-electron chi connectivity index (χ4n) is 3.60. The van der Waals surface area contributed by atoms with Crippen molar-refractivity contribution in [1.29, 1.82) is 0 Å². The van der Waals surface area contributed by atoms with E-state index in [1.807, 2.05) is 0 Å². The molecule has 1 aliphatic rings. The molecule has 9 heteroatoms. The molecule has 4 rings (SSSR count). The van der Waals surface area contributed by atoms with Gasteiger partial charge < -0.3 is 19.5 Å². The highest BCUT2D eigenvalue weighted by molar-refractivity contribution is 6.03. The van der Waals surface area contributed by atoms with E-state index in [0.717, 1.165) is 25.7 Å². The number of aromatic nitrogens is 2. The van der Waals surface area contributed by atoms with Gasteiger partial charge in [0.15, 0.2) is 23.8 Å². The van der Waals surface area contributed by atoms with Gasteiger partial charge in [-0.2, -0.15) is 5.10 Å². The first-order valence-corrected chi connectivity index (χ1v) is 10.9. The highest BCUT2D eigenvalue weighted by atomic mass is 16.7. The van der Waals surface area contributed by atoms with Gasteiger partial charge in [-0.15, -0.1) is 0 Å². The van der Waals surface area contributed by atoms with Gasteiger partial charge in [0, 0.05) is 23.7 Å². The van der Waals surface area contributed by atoms with Gasteiger partial charge in [0.25, 0.3) is 11.5 Å². The van der Waals surface area contributed by atoms with Crippen LogP contribution in [0.2, 0.25) is 0 Å². The Bertz CT molecular complexity index is 1240. The number of benzene rings is 2. The van der Waals surface area contributed by atoms with E-state index < -0.39 is 18.5 Å². The van der Waals surface area contributed by atoms with E-state index in [1.165, 1.54) is 4.68 Å². The number of rotatable bonds is 9. The first-order valence-electron chi connectivity index (χ1n) is 10.9. The molecule has 2 heterocycles. The molecule has 3 aromatic rings. The molecule has 172 valence electrons. The number of carbonyl (C=O) groups excluding carboxylic acids is 2. The summed E-state index contributed by atoms with van der Waals surface area (Å²) in [5, 5.41) is 7.70. The second-order valence-electron chi connectivity index (χ2n) is 7.68. The molecule has 1 aliphatic heterocycles. The van der Waals surface area contributed by atoms with Gasteiger partial charge >= 0.3 is 5.97 Å². The summed E-state index contributed by atoms with van der Waals surface area (Å²) < 4.78 is 17.0. The standard InChI is InChI=1S/C24H25N3O6/c1-2-3-4-7-12-27-23(29)18-9-6-5-8-17(18)22(26-27)24(30)31-14-21(28)25-16-10-11-19-20(13-16)33-15-32-19/h5-6,8-11,13H,2-4,7,12,14-15H2,1H3,(H,25,28). The average Bonchev–Trinajstić information content (AvgIpc) is 3.29. The summed E-state index contributed by atoms with van der Waals surface area (Å²) >= 11 is 0. The van der Waals surface area contributed by atoms with Crippen LogP contribution in [0.15, 0.2) is 47.3 Å². The molecule has 1 aromatic heterocycles. The van der Waals surface area contributed by atoms with Crippen LogP contribution in [0, 0.1) is 0 Å². The Labute approximate surface area is 190 Å². The van der Waals surface area contributed by atoms with Crippen molar-refractivity contribution in [2.75, 3.05) is 18.7 Å². The molecule has 0 fully saturated rings. The maximum atomic E-state index is 12.8. The molecular weight excluding hydrogens is 426 g/mol. The van der Waals surface area contributed by atoms with E-state index in [2.05, 4.69) is 17.3 Å². The van der Waals surface area contributed by atoms with Crippen LogP contribution in [0.1, 0.15) is 43.1 Å². The fourth-order valence-corrected chi connectivity index (χ4v) is 3.60. The molecule has 1 amide bonds. The predicted molar refractivity (Wildman–Crippen MR) is 122 cm³/mol. The largest absolute Gasteiger partial charge is 0.454 e. The lowest BCUT2D eigenvalue weighted by molar-refractivity contribution is -0.119. The molecule has 0 atom stereocenters. The third-order valence-corrected chi connectivity index (χ3v) is 5.28. The number of amides is 1. The van der Waals surface area contributed by atoms with E-state index >= 15 is 0 Å². The van der Waals surface area contributed by atoms with Gasteiger partial charge in [-0.3, -0.25) is 9.59 Å². The first kappa shape index (κ1) is 22.3. The Hall–Kier alpha value is -3.88. The maximum Gasteiger partial charge on any atom is 0.359 e. The van der Waals surface area contributed by atoms with Gasteiger partial charge in [-0.05, 0) is 24.6 Å². The lowest BCUT2D eigenvalue weighted by atomic mass is 10.1. The van der Waals surface area contributed by atoms with Crippen LogP contribution < -0.4 is 20.3 Å². The van der Waals surface area contributed by atoms with E-state index in [9.17, 15) is 14.4 Å². The Balaban J connectivity index is 1.46. The van der Waals surface area contributed by atoms with Crippen molar-refractivity contribution in [2.45, 2.75) is 39.2 Å². The van der Waals surface area contributed by atoms with Gasteiger partial charge in [-0.25, -0.2) is 9.48 Å². The fraction of sp³-hybridized carbons (Fsp3) is 0.333. The maximum absolute atomic E-state index is 12.8. The molecule has 0 bridgehead atoms. The van der Waals surface area contributed by atoms with Crippen molar-refractivity contribution >= 4 is 28.3 Å². The zero-order valence-electron chi connectivity index (χ0n) is 18.3. The van der Waals surface area contributed by atoms with Crippen molar-refractivity contribution in [3.63, 3.8) is 0 Å². The van der Waals surface area contributed by atoms with Crippen molar-refractivity contribution in [3.8, 4) is 11.5 Å². The molecule has 0 aliphatic carbocycles. The second kappa shape index (κ2) is 10.2. The second-order valence-corrected chi connectivity index (χ2v) is 7.68. The summed E-state index contributed by atoms with van der Waals surface area (Å²) in [7, 11) is 0. The lowest BCUT2D eigenvalue weighted by Crippen LogP contribution is -2.28. The number of nitrogens with one attached hydrogen (secondary N) is 1. The number of unbranched alkanes of at least 4 members (excludes halogenated alkanes) is 3. The van der Waals surface area contributed by atoms with Crippen LogP contribution in [-0.4, -0.2) is 35.1 Å². The Morgan fingerprint density at radius 2 is 1.85 bits per heavy atom. The van der Waals surface area contributed by atoms with Crippen LogP contribution >= 0.6 is 0 Å². The zero-order chi connectivity index (χ0) is 23.2. The van der Waals surface area contributed by atoms with E-state index in [-0.39, 0.29) is 18.0 Å². The van der Waals surface area contributed by atoms with Crippen molar-refractivity contribution in [1.82, 2.24) is 9.78 Å². The zero-order valence-corrected chi connectivity index (χ0v) is 18.3. The third kappa shape index (κ3) is 5.14. The Kier molecular flexibility index (Phi) is 6.87. The van der Waals surface area contributed by atoms with E-state index in [1.54, 1.807) is 42.5 Å². The number of aryl methyl sites for hydroxylation is 1. The average molecular weight is 451 g/mol. The summed E-state index contributed by atoms with van der Waals surface area (Å²) in [6, 6.07) is 11.7. The van der Waals surface area contributed by atoms with Crippen LogP contribution in [0.4, 0.5) is 5.69 Å². The number of hydrogen-bond acceptors (Lipinski definition) is 7. The van der Waals surface area contributed by atoms with Crippen LogP contribution in [0.5, 0.6) is 11.5 Å². The molecule has 33 heavy (non-hydrogen) atoms. The molecule has 0 spiro atoms. The number of hydrogen-bond donors (Lipinski definition) is 1. The molecule has 0 radical (unpaired) electrons. The summed E-state index contributed by atoms with van der Waals surface area (Å²) in [5.41, 5.74) is 0.250. The summed E-state index contributed by atoms with van der Waals surface area (Å²) in [6.45, 7) is 2.15. The predicted octanol–water partition coefficient (Wildman–Crippen LogP) is 3.50. The molecule has 0 saturated heterocycles. The number of nitrogens with zero attached hydrogens (tertiary/aromatic N) is 2. The smallest absolute Gasteiger partial charge is 0.359 e. The van der Waals surface area contributed by atoms with E-state index in [0.29, 0.717) is 34.5 Å². The lowest BCUT2D eigenvalue weighted by Gasteiger charge is -2.11. The molecule has 0 unspecified atom stereocenters. The summed E-state index contributed by atoms with van der Waals surface area (Å²) in [6.07, 6.45) is 3.89. The third-order valence-electron chi connectivity index (χ3n) is 5.28. The Morgan fingerprint density at radius 3 is 2.67 bits per heavy atom. The van der Waals surface area contributed by atoms with Crippen molar-refractivity contribution < 1.29 is 23.8 Å². The number of fused-ring (bicyclic) bond motifs is 2. The molecular formula is C24H25N3O6. The normalized spacial score (nSPS) is 12.0. The number of ether oxygens (including phenoxy) is 3. The molecule has 0 saturated carbocycles. The first-order chi connectivity index (χ1) is 16.1. The van der Waals surface area contributed by atoms with Crippen LogP contribution in [0.25, 0.3) is 10.8 Å². The monoisotopic (exact) mass is 451 g/mol. The quantitative estimate of drug-likeness (QED) is 0.392. The van der Waals surface area contributed by atoms with Crippen LogP contribution in [-0.2, 0) is 16.1 Å². The molecule has 9 nitrogen and oxygen atoms in total. The van der Waals surface area contributed by atoms with Gasteiger partial charge in [0.1, 0.15) is 0 Å². The van der Waals surface area contributed by atoms with Gasteiger partial charge in [0.2, 0.25) is 6.79 Å². The van der Waals surface area contributed by atoms with Gasteiger partial charge in [-0.1, -0.05) is 44.4 Å².